The molecule has 9 heteroatoms. The van der Waals surface area contributed by atoms with Gasteiger partial charge in [-0.1, -0.05) is 32.6 Å². The molecule has 1 saturated carbocycles. The van der Waals surface area contributed by atoms with Crippen LogP contribution in [0.4, 0.5) is 4.79 Å². The molecule has 2 rings (SSSR count). The number of amides is 1. The zero-order valence-electron chi connectivity index (χ0n) is 14.7. The van der Waals surface area contributed by atoms with Crippen molar-refractivity contribution in [3.05, 3.63) is 6.33 Å². The van der Waals surface area contributed by atoms with Crippen molar-refractivity contribution in [3.63, 3.8) is 0 Å². The standard InChI is InChI=1S/C15H27N5O3S/c1-4-5-11-18(2)24(22,23)14-16-12-20(17-14)15(21)19(3)13-9-7-6-8-10-13/h12-13H,4-11H2,1-3H3. The molecule has 0 N–H and O–H groups in total. The number of hydrogen-bond donors (Lipinski definition) is 0. The van der Waals surface area contributed by atoms with Gasteiger partial charge in [-0.25, -0.2) is 18.2 Å². The van der Waals surface area contributed by atoms with Gasteiger partial charge >= 0.3 is 6.03 Å². The Labute approximate surface area is 143 Å². The van der Waals surface area contributed by atoms with Crippen molar-refractivity contribution in [2.45, 2.75) is 63.1 Å². The van der Waals surface area contributed by atoms with E-state index in [4.69, 9.17) is 0 Å². The lowest BCUT2D eigenvalue weighted by molar-refractivity contribution is 0.172. The van der Waals surface area contributed by atoms with Gasteiger partial charge in [0.05, 0.1) is 0 Å². The van der Waals surface area contributed by atoms with Crippen LogP contribution in [-0.4, -0.2) is 65.1 Å². The number of carbonyl (C=O) groups is 1. The second-order valence-corrected chi connectivity index (χ2v) is 8.28. The third-order valence-corrected chi connectivity index (χ3v) is 6.21. The van der Waals surface area contributed by atoms with Gasteiger partial charge in [0.25, 0.3) is 15.2 Å². The summed E-state index contributed by atoms with van der Waals surface area (Å²) in [6, 6.07) is -0.158. The Balaban J connectivity index is 2.10. The van der Waals surface area contributed by atoms with Crippen molar-refractivity contribution in [2.24, 2.45) is 0 Å². The first-order chi connectivity index (χ1) is 11.4. The van der Waals surface area contributed by atoms with E-state index in [-0.39, 0.29) is 17.2 Å². The molecule has 0 atom stereocenters. The summed E-state index contributed by atoms with van der Waals surface area (Å²) in [5, 5.41) is 3.58. The molecule has 1 aliphatic rings. The molecule has 0 unspecified atom stereocenters. The fraction of sp³-hybridized carbons (Fsp3) is 0.800. The Hall–Kier alpha value is -1.48. The molecule has 1 fully saturated rings. The van der Waals surface area contributed by atoms with E-state index in [1.165, 1.54) is 24.1 Å². The van der Waals surface area contributed by atoms with Crippen molar-refractivity contribution in [1.29, 1.82) is 0 Å². The van der Waals surface area contributed by atoms with E-state index in [9.17, 15) is 13.2 Å². The Bertz CT molecular complexity index is 652. The number of sulfonamides is 1. The Kier molecular flexibility index (Phi) is 6.34. The number of carbonyl (C=O) groups excluding carboxylic acids is 1. The smallest absolute Gasteiger partial charge is 0.323 e. The summed E-state index contributed by atoms with van der Waals surface area (Å²) in [5.74, 6) is 0. The largest absolute Gasteiger partial charge is 0.346 e. The van der Waals surface area contributed by atoms with Crippen molar-refractivity contribution in [2.75, 3.05) is 20.6 Å². The minimum Gasteiger partial charge on any atom is -0.323 e. The molecule has 1 aliphatic carbocycles. The van der Waals surface area contributed by atoms with Crippen LogP contribution in [0.2, 0.25) is 0 Å². The van der Waals surface area contributed by atoms with E-state index in [1.807, 2.05) is 6.92 Å². The Morgan fingerprint density at radius 3 is 2.58 bits per heavy atom. The third kappa shape index (κ3) is 4.13. The van der Waals surface area contributed by atoms with E-state index >= 15 is 0 Å². The fourth-order valence-electron chi connectivity index (χ4n) is 2.88. The molecule has 0 aromatic carbocycles. The first kappa shape index (κ1) is 18.9. The highest BCUT2D eigenvalue weighted by atomic mass is 32.2. The van der Waals surface area contributed by atoms with Gasteiger partial charge in [0.15, 0.2) is 0 Å². The summed E-state index contributed by atoms with van der Waals surface area (Å²) in [6.45, 7) is 2.40. The lowest BCUT2D eigenvalue weighted by atomic mass is 9.95. The summed E-state index contributed by atoms with van der Waals surface area (Å²) in [4.78, 5) is 18.0. The van der Waals surface area contributed by atoms with Crippen molar-refractivity contribution in [3.8, 4) is 0 Å². The molecule has 0 aliphatic heterocycles. The summed E-state index contributed by atoms with van der Waals surface area (Å²) >= 11 is 0. The number of aromatic nitrogens is 3. The molecule has 1 heterocycles. The molecule has 8 nitrogen and oxygen atoms in total. The first-order valence-corrected chi connectivity index (χ1v) is 9.97. The Morgan fingerprint density at radius 2 is 1.96 bits per heavy atom. The lowest BCUT2D eigenvalue weighted by Gasteiger charge is -2.30. The molecule has 0 saturated heterocycles. The maximum absolute atomic E-state index is 12.5. The third-order valence-electron chi connectivity index (χ3n) is 4.56. The predicted octanol–water partition coefficient (Wildman–Crippen LogP) is 1.93. The molecule has 1 amide bonds. The van der Waals surface area contributed by atoms with Crippen LogP contribution in [0.1, 0.15) is 51.9 Å². The van der Waals surface area contributed by atoms with Crippen LogP contribution in [-0.2, 0) is 10.0 Å². The molecule has 1 aromatic heterocycles. The number of unbranched alkanes of at least 4 members (excludes halogenated alkanes) is 1. The molecule has 136 valence electrons. The molecule has 0 spiro atoms. The lowest BCUT2D eigenvalue weighted by Crippen LogP contribution is -2.41. The van der Waals surface area contributed by atoms with E-state index in [0.29, 0.717) is 6.54 Å². The second-order valence-electron chi connectivity index (χ2n) is 6.34. The molecule has 0 bridgehead atoms. The molecule has 1 aromatic rings. The molecule has 0 radical (unpaired) electrons. The van der Waals surface area contributed by atoms with Gasteiger partial charge in [0.2, 0.25) is 0 Å². The zero-order chi connectivity index (χ0) is 17.7. The van der Waals surface area contributed by atoms with Crippen LogP contribution >= 0.6 is 0 Å². The minimum absolute atomic E-state index is 0.183. The van der Waals surface area contributed by atoms with E-state index in [0.717, 1.165) is 43.2 Å². The Morgan fingerprint density at radius 1 is 1.29 bits per heavy atom. The van der Waals surface area contributed by atoms with Crippen LogP contribution in [0, 0.1) is 0 Å². The number of hydrogen-bond acceptors (Lipinski definition) is 5. The molecule has 24 heavy (non-hydrogen) atoms. The molecular formula is C15H27N5O3S. The van der Waals surface area contributed by atoms with Gasteiger partial charge in [0.1, 0.15) is 6.33 Å². The van der Waals surface area contributed by atoms with Crippen LogP contribution in [0.5, 0.6) is 0 Å². The summed E-state index contributed by atoms with van der Waals surface area (Å²) < 4.78 is 27.1. The van der Waals surface area contributed by atoms with Crippen LogP contribution in [0.3, 0.4) is 0 Å². The highest BCUT2D eigenvalue weighted by molar-refractivity contribution is 7.88. The zero-order valence-corrected chi connectivity index (χ0v) is 15.5. The van der Waals surface area contributed by atoms with Crippen LogP contribution in [0.15, 0.2) is 11.5 Å². The minimum atomic E-state index is -3.75. The van der Waals surface area contributed by atoms with Crippen molar-refractivity contribution in [1.82, 2.24) is 24.0 Å². The van der Waals surface area contributed by atoms with Gasteiger partial charge < -0.3 is 4.90 Å². The summed E-state index contributed by atoms with van der Waals surface area (Å²) in [5.41, 5.74) is 0. The second kappa shape index (κ2) is 8.06. The van der Waals surface area contributed by atoms with Gasteiger partial charge in [0, 0.05) is 26.7 Å². The maximum Gasteiger partial charge on any atom is 0.346 e. The van der Waals surface area contributed by atoms with Gasteiger partial charge in [-0.2, -0.15) is 8.99 Å². The highest BCUT2D eigenvalue weighted by Gasteiger charge is 2.28. The van der Waals surface area contributed by atoms with Crippen LogP contribution < -0.4 is 0 Å². The van der Waals surface area contributed by atoms with E-state index in [1.54, 1.807) is 11.9 Å². The van der Waals surface area contributed by atoms with Crippen molar-refractivity contribution >= 4 is 16.1 Å². The number of nitrogens with zero attached hydrogens (tertiary/aromatic N) is 5. The van der Waals surface area contributed by atoms with E-state index in [2.05, 4.69) is 10.1 Å². The van der Waals surface area contributed by atoms with Gasteiger partial charge in [-0.05, 0) is 19.3 Å². The van der Waals surface area contributed by atoms with Crippen molar-refractivity contribution < 1.29 is 13.2 Å². The summed E-state index contributed by atoms with van der Waals surface area (Å²) in [7, 11) is -0.516. The maximum atomic E-state index is 12.5. The van der Waals surface area contributed by atoms with E-state index < -0.39 is 10.0 Å². The average Bonchev–Trinajstić information content (AvgIpc) is 3.09. The van der Waals surface area contributed by atoms with Gasteiger partial charge in [-0.15, -0.1) is 5.10 Å². The first-order valence-electron chi connectivity index (χ1n) is 8.53. The van der Waals surface area contributed by atoms with Gasteiger partial charge in [-0.3, -0.25) is 0 Å². The topological polar surface area (TPSA) is 88.4 Å². The monoisotopic (exact) mass is 357 g/mol. The SMILES string of the molecule is CCCCN(C)S(=O)(=O)c1ncn(C(=O)N(C)C2CCCCC2)n1. The summed E-state index contributed by atoms with van der Waals surface area (Å²) in [6.07, 6.45) is 8.22. The quantitative estimate of drug-likeness (QED) is 0.776. The number of rotatable bonds is 6. The average molecular weight is 357 g/mol. The molecular weight excluding hydrogens is 330 g/mol. The normalized spacial score (nSPS) is 16.5. The van der Waals surface area contributed by atoms with Crippen LogP contribution in [0.25, 0.3) is 0 Å². The fourth-order valence-corrected chi connectivity index (χ4v) is 3.90. The highest BCUT2D eigenvalue weighted by Crippen LogP contribution is 2.22. The predicted molar refractivity (Wildman–Crippen MR) is 90.2 cm³/mol.